The number of hydrogen-bond donors (Lipinski definition) is 1. The zero-order valence-corrected chi connectivity index (χ0v) is 19.8. The van der Waals surface area contributed by atoms with Crippen molar-refractivity contribution in [2.45, 2.75) is 105 Å². The molecule has 8 atom stereocenters. The summed E-state index contributed by atoms with van der Waals surface area (Å²) in [4.78, 5) is 0. The van der Waals surface area contributed by atoms with Crippen molar-refractivity contribution in [3.05, 3.63) is 23.8 Å². The van der Waals surface area contributed by atoms with Gasteiger partial charge in [0.15, 0.2) is 0 Å². The van der Waals surface area contributed by atoms with Crippen LogP contribution in [-0.2, 0) is 0 Å². The molecule has 0 bridgehead atoms. The smallest absolute Gasteiger partial charge is 0.0577 e. The van der Waals surface area contributed by atoms with Crippen LogP contribution in [0.15, 0.2) is 23.8 Å². The molecule has 0 aromatic heterocycles. The van der Waals surface area contributed by atoms with E-state index in [1.54, 1.807) is 5.57 Å². The Labute approximate surface area is 180 Å². The van der Waals surface area contributed by atoms with Gasteiger partial charge in [-0.05, 0) is 111 Å². The van der Waals surface area contributed by atoms with Crippen LogP contribution < -0.4 is 0 Å². The Hall–Kier alpha value is -0.560. The summed E-state index contributed by atoms with van der Waals surface area (Å²) in [7, 11) is 0. The standard InChI is InChI=1S/C28H46O/c1-6-20(19(2)3)8-7-9-21-11-13-25-24-12-10-22-18-23(29)14-16-28(22,5)26(24)15-17-27(21,25)4/h7-8,10,19-21,23-26,29H,6,9,11-18H2,1-5H3/b8-7+/t20-,21+,23+,24-,25-,26+,27-,28+/m1/s1. The van der Waals surface area contributed by atoms with E-state index in [-0.39, 0.29) is 6.10 Å². The predicted octanol–water partition coefficient (Wildman–Crippen LogP) is 7.55. The maximum absolute atomic E-state index is 10.2. The molecule has 3 fully saturated rings. The normalized spacial score (nSPS) is 45.6. The minimum Gasteiger partial charge on any atom is -0.393 e. The molecule has 0 aliphatic heterocycles. The molecule has 29 heavy (non-hydrogen) atoms. The molecule has 1 nitrogen and oxygen atoms in total. The maximum atomic E-state index is 10.2. The van der Waals surface area contributed by atoms with Crippen molar-refractivity contribution in [2.24, 2.45) is 46.3 Å². The van der Waals surface area contributed by atoms with Gasteiger partial charge in [0.25, 0.3) is 0 Å². The van der Waals surface area contributed by atoms with Crippen molar-refractivity contribution in [1.82, 2.24) is 0 Å². The van der Waals surface area contributed by atoms with Gasteiger partial charge in [-0.2, -0.15) is 0 Å². The van der Waals surface area contributed by atoms with Gasteiger partial charge in [-0.1, -0.05) is 58.4 Å². The van der Waals surface area contributed by atoms with Crippen LogP contribution in [0.2, 0.25) is 0 Å². The van der Waals surface area contributed by atoms with E-state index in [0.717, 1.165) is 48.3 Å². The lowest BCUT2D eigenvalue weighted by Gasteiger charge is -2.58. The number of allylic oxidation sites excluding steroid dienone is 3. The van der Waals surface area contributed by atoms with Gasteiger partial charge < -0.3 is 5.11 Å². The Morgan fingerprint density at radius 1 is 1.10 bits per heavy atom. The Bertz CT molecular complexity index is 645. The number of aliphatic hydroxyl groups is 1. The molecule has 0 aromatic rings. The third-order valence-corrected chi connectivity index (χ3v) is 10.4. The average Bonchev–Trinajstić information content (AvgIpc) is 3.02. The molecule has 0 unspecified atom stereocenters. The molecule has 3 saturated carbocycles. The van der Waals surface area contributed by atoms with Crippen molar-refractivity contribution < 1.29 is 5.11 Å². The highest BCUT2D eigenvalue weighted by atomic mass is 16.3. The van der Waals surface area contributed by atoms with E-state index in [0.29, 0.717) is 10.8 Å². The van der Waals surface area contributed by atoms with Crippen molar-refractivity contribution in [3.63, 3.8) is 0 Å². The first-order chi connectivity index (χ1) is 13.8. The van der Waals surface area contributed by atoms with E-state index in [2.05, 4.69) is 52.8 Å². The Morgan fingerprint density at radius 2 is 1.90 bits per heavy atom. The zero-order valence-electron chi connectivity index (χ0n) is 19.8. The molecule has 0 saturated heterocycles. The van der Waals surface area contributed by atoms with Gasteiger partial charge >= 0.3 is 0 Å². The van der Waals surface area contributed by atoms with Crippen LogP contribution in [0.5, 0.6) is 0 Å². The van der Waals surface area contributed by atoms with Crippen LogP contribution in [0.1, 0.15) is 98.8 Å². The molecule has 1 heteroatoms. The maximum Gasteiger partial charge on any atom is 0.0577 e. The Balaban J connectivity index is 1.48. The summed E-state index contributed by atoms with van der Waals surface area (Å²) in [6.07, 6.45) is 20.4. The van der Waals surface area contributed by atoms with E-state index >= 15 is 0 Å². The van der Waals surface area contributed by atoms with Gasteiger partial charge in [0, 0.05) is 0 Å². The molecular formula is C28H46O. The molecule has 0 heterocycles. The van der Waals surface area contributed by atoms with E-state index in [4.69, 9.17) is 0 Å². The first-order valence-electron chi connectivity index (χ1n) is 12.8. The summed E-state index contributed by atoms with van der Waals surface area (Å²) in [5.41, 5.74) is 2.55. The number of fused-ring (bicyclic) bond motifs is 5. The minimum absolute atomic E-state index is 0.0832. The summed E-state index contributed by atoms with van der Waals surface area (Å²) in [6, 6.07) is 0. The highest BCUT2D eigenvalue weighted by Crippen LogP contribution is 2.66. The SMILES string of the molecule is CC[C@H](/C=C/C[C@H]1CC[C@@H]2[C@H]3CC=C4C[C@@H](O)CC[C@]4(C)[C@H]3CC[C@]12C)C(C)C. The summed E-state index contributed by atoms with van der Waals surface area (Å²) >= 11 is 0. The average molecular weight is 399 g/mol. The highest BCUT2D eigenvalue weighted by molar-refractivity contribution is 5.25. The van der Waals surface area contributed by atoms with E-state index in [9.17, 15) is 5.11 Å². The monoisotopic (exact) mass is 398 g/mol. The summed E-state index contributed by atoms with van der Waals surface area (Å²) < 4.78 is 0. The molecule has 4 aliphatic rings. The van der Waals surface area contributed by atoms with Crippen LogP contribution in [0, 0.1) is 46.3 Å². The van der Waals surface area contributed by atoms with E-state index in [1.807, 2.05) is 0 Å². The lowest BCUT2D eigenvalue weighted by atomic mass is 9.47. The second kappa shape index (κ2) is 8.18. The quantitative estimate of drug-likeness (QED) is 0.474. The van der Waals surface area contributed by atoms with Crippen LogP contribution in [0.3, 0.4) is 0 Å². The minimum atomic E-state index is -0.0832. The fourth-order valence-electron chi connectivity index (χ4n) is 8.39. The van der Waals surface area contributed by atoms with Crippen molar-refractivity contribution >= 4 is 0 Å². The molecule has 1 N–H and O–H groups in total. The Kier molecular flexibility index (Phi) is 6.11. The van der Waals surface area contributed by atoms with E-state index in [1.165, 1.54) is 51.4 Å². The van der Waals surface area contributed by atoms with Gasteiger partial charge in [0.1, 0.15) is 0 Å². The van der Waals surface area contributed by atoms with Crippen molar-refractivity contribution in [1.29, 1.82) is 0 Å². The lowest BCUT2D eigenvalue weighted by Crippen LogP contribution is -2.50. The summed E-state index contributed by atoms with van der Waals surface area (Å²) in [6.45, 7) is 12.3. The third-order valence-electron chi connectivity index (χ3n) is 10.4. The zero-order chi connectivity index (χ0) is 20.8. The van der Waals surface area contributed by atoms with Crippen LogP contribution in [0.4, 0.5) is 0 Å². The molecule has 4 rings (SSSR count). The fraction of sp³-hybridized carbons (Fsp3) is 0.857. The fourth-order valence-corrected chi connectivity index (χ4v) is 8.39. The molecule has 0 aromatic carbocycles. The van der Waals surface area contributed by atoms with Crippen molar-refractivity contribution in [3.8, 4) is 0 Å². The van der Waals surface area contributed by atoms with E-state index < -0.39 is 0 Å². The third kappa shape index (κ3) is 3.68. The van der Waals surface area contributed by atoms with Gasteiger partial charge in [0.05, 0.1) is 6.10 Å². The lowest BCUT2D eigenvalue weighted by molar-refractivity contribution is -0.0492. The summed E-state index contributed by atoms with van der Waals surface area (Å²) in [5.74, 6) is 5.09. The van der Waals surface area contributed by atoms with Gasteiger partial charge in [0.2, 0.25) is 0 Å². The number of rotatable bonds is 5. The van der Waals surface area contributed by atoms with Crippen LogP contribution in [0.25, 0.3) is 0 Å². The van der Waals surface area contributed by atoms with Gasteiger partial charge in [-0.15, -0.1) is 0 Å². The second-order valence-corrected chi connectivity index (χ2v) is 12.0. The molecule has 0 spiro atoms. The predicted molar refractivity (Wildman–Crippen MR) is 124 cm³/mol. The topological polar surface area (TPSA) is 20.2 Å². The Morgan fingerprint density at radius 3 is 2.62 bits per heavy atom. The molecule has 0 radical (unpaired) electrons. The van der Waals surface area contributed by atoms with Gasteiger partial charge in [-0.3, -0.25) is 0 Å². The molecular weight excluding hydrogens is 352 g/mol. The van der Waals surface area contributed by atoms with Crippen molar-refractivity contribution in [2.75, 3.05) is 0 Å². The van der Waals surface area contributed by atoms with Crippen LogP contribution in [-0.4, -0.2) is 11.2 Å². The summed E-state index contributed by atoms with van der Waals surface area (Å²) in [5, 5.41) is 10.2. The largest absolute Gasteiger partial charge is 0.393 e. The number of hydrogen-bond acceptors (Lipinski definition) is 1. The molecule has 0 amide bonds. The molecule has 164 valence electrons. The van der Waals surface area contributed by atoms with Gasteiger partial charge in [-0.25, -0.2) is 0 Å². The van der Waals surface area contributed by atoms with Crippen LogP contribution >= 0.6 is 0 Å². The number of aliphatic hydroxyl groups excluding tert-OH is 1. The second-order valence-electron chi connectivity index (χ2n) is 12.0. The first kappa shape index (κ1) is 21.7. The first-order valence-corrected chi connectivity index (χ1v) is 12.8. The molecule has 4 aliphatic carbocycles. The highest BCUT2D eigenvalue weighted by Gasteiger charge is 2.58.